The molecule has 3 rings (SSSR count). The minimum atomic E-state index is -0.589. The zero-order valence-electron chi connectivity index (χ0n) is 12.5. The van der Waals surface area contributed by atoms with E-state index in [1.807, 2.05) is 13.0 Å². The van der Waals surface area contributed by atoms with Crippen LogP contribution in [0.2, 0.25) is 0 Å². The van der Waals surface area contributed by atoms with Crippen LogP contribution in [0.5, 0.6) is 0 Å². The molecule has 0 spiro atoms. The Morgan fingerprint density at radius 1 is 1.50 bits per heavy atom. The smallest absolute Gasteiger partial charge is 0.331 e. The molecule has 1 aliphatic rings. The van der Waals surface area contributed by atoms with Crippen LogP contribution in [0, 0.1) is 5.92 Å². The van der Waals surface area contributed by atoms with Crippen LogP contribution in [0.15, 0.2) is 40.7 Å². The molecule has 1 unspecified atom stereocenters. The number of carbonyl (C=O) groups is 1. The summed E-state index contributed by atoms with van der Waals surface area (Å²) in [5.74, 6) is 0.863. The number of allylic oxidation sites excluding steroid dienone is 1. The normalized spacial score (nSPS) is 16.4. The molecule has 2 aromatic rings. The van der Waals surface area contributed by atoms with Gasteiger partial charge in [-0.3, -0.25) is 4.98 Å². The number of esters is 1. The topological polar surface area (TPSA) is 78.1 Å². The monoisotopic (exact) mass is 299 g/mol. The van der Waals surface area contributed by atoms with Gasteiger partial charge in [-0.1, -0.05) is 10.7 Å². The first-order valence-electron chi connectivity index (χ1n) is 7.26. The largest absolute Gasteiger partial charge is 0.449 e. The lowest BCUT2D eigenvalue weighted by molar-refractivity contribution is -0.143. The van der Waals surface area contributed by atoms with Crippen molar-refractivity contribution < 1.29 is 14.1 Å². The minimum Gasteiger partial charge on any atom is -0.449 e. The Hall–Kier alpha value is -2.50. The molecule has 1 atom stereocenters. The van der Waals surface area contributed by atoms with E-state index in [0.717, 1.165) is 24.0 Å². The molecule has 1 aliphatic carbocycles. The molecule has 0 bridgehead atoms. The van der Waals surface area contributed by atoms with Gasteiger partial charge in [0.2, 0.25) is 5.82 Å². The predicted molar refractivity (Wildman–Crippen MR) is 78.5 cm³/mol. The van der Waals surface area contributed by atoms with Gasteiger partial charge >= 0.3 is 5.97 Å². The van der Waals surface area contributed by atoms with Crippen molar-refractivity contribution in [2.45, 2.75) is 32.8 Å². The molecule has 0 aromatic carbocycles. The SMILES string of the molecule is CC(=CC(=O)OC(C)c1nc(-c2cccnc2)no1)C1CC1. The molecule has 0 amide bonds. The van der Waals surface area contributed by atoms with Gasteiger partial charge in [0, 0.05) is 24.0 Å². The van der Waals surface area contributed by atoms with E-state index in [0.29, 0.717) is 11.7 Å². The lowest BCUT2D eigenvalue weighted by Gasteiger charge is -2.07. The third-order valence-corrected chi connectivity index (χ3v) is 3.57. The molecule has 2 heterocycles. The Morgan fingerprint density at radius 2 is 2.32 bits per heavy atom. The van der Waals surface area contributed by atoms with Crippen LogP contribution >= 0.6 is 0 Å². The summed E-state index contributed by atoms with van der Waals surface area (Å²) in [5, 5.41) is 3.88. The van der Waals surface area contributed by atoms with Gasteiger partial charge in [-0.05, 0) is 44.7 Å². The molecule has 0 aliphatic heterocycles. The molecule has 1 saturated carbocycles. The second-order valence-corrected chi connectivity index (χ2v) is 5.44. The van der Waals surface area contributed by atoms with Gasteiger partial charge in [0.15, 0.2) is 6.10 Å². The number of rotatable bonds is 5. The number of hydrogen-bond donors (Lipinski definition) is 0. The summed E-state index contributed by atoms with van der Waals surface area (Å²) in [7, 11) is 0. The molecule has 6 heteroatoms. The zero-order chi connectivity index (χ0) is 15.5. The van der Waals surface area contributed by atoms with Crippen LogP contribution in [0.25, 0.3) is 11.4 Å². The minimum absolute atomic E-state index is 0.268. The Bertz CT molecular complexity index is 690. The molecule has 22 heavy (non-hydrogen) atoms. The molecule has 114 valence electrons. The first kappa shape index (κ1) is 14.4. The second kappa shape index (κ2) is 6.09. The van der Waals surface area contributed by atoms with E-state index in [2.05, 4.69) is 15.1 Å². The van der Waals surface area contributed by atoms with E-state index < -0.39 is 6.10 Å². The van der Waals surface area contributed by atoms with Gasteiger partial charge in [-0.15, -0.1) is 0 Å². The molecular formula is C16H17N3O3. The van der Waals surface area contributed by atoms with Gasteiger partial charge in [-0.2, -0.15) is 4.98 Å². The van der Waals surface area contributed by atoms with Crippen LogP contribution in [-0.2, 0) is 9.53 Å². The number of nitrogens with zero attached hydrogens (tertiary/aromatic N) is 3. The number of hydrogen-bond acceptors (Lipinski definition) is 6. The van der Waals surface area contributed by atoms with E-state index in [9.17, 15) is 4.79 Å². The van der Waals surface area contributed by atoms with Crippen molar-refractivity contribution in [3.05, 3.63) is 42.1 Å². The summed E-state index contributed by atoms with van der Waals surface area (Å²) in [6.45, 7) is 3.66. The molecule has 0 saturated heterocycles. The summed E-state index contributed by atoms with van der Waals surface area (Å²) < 4.78 is 10.5. The first-order valence-corrected chi connectivity index (χ1v) is 7.26. The van der Waals surface area contributed by atoms with E-state index in [4.69, 9.17) is 9.26 Å². The lowest BCUT2D eigenvalue weighted by atomic mass is 10.2. The number of carbonyl (C=O) groups excluding carboxylic acids is 1. The Morgan fingerprint density at radius 3 is 3.00 bits per heavy atom. The van der Waals surface area contributed by atoms with Gasteiger partial charge in [0.1, 0.15) is 0 Å². The quantitative estimate of drug-likeness (QED) is 0.623. The van der Waals surface area contributed by atoms with Gasteiger partial charge in [0.25, 0.3) is 5.89 Å². The van der Waals surface area contributed by atoms with Gasteiger partial charge in [-0.25, -0.2) is 4.79 Å². The van der Waals surface area contributed by atoms with Crippen molar-refractivity contribution in [2.75, 3.05) is 0 Å². The van der Waals surface area contributed by atoms with E-state index in [1.54, 1.807) is 31.5 Å². The maximum atomic E-state index is 11.8. The highest BCUT2D eigenvalue weighted by Crippen LogP contribution is 2.36. The van der Waals surface area contributed by atoms with E-state index >= 15 is 0 Å². The van der Waals surface area contributed by atoms with Crippen LogP contribution in [0.1, 0.15) is 38.7 Å². The Kier molecular flexibility index (Phi) is 4.00. The van der Waals surface area contributed by atoms with Crippen LogP contribution in [0.4, 0.5) is 0 Å². The average Bonchev–Trinajstić information content (AvgIpc) is 3.25. The molecular weight excluding hydrogens is 282 g/mol. The number of aromatic nitrogens is 3. The Balaban J connectivity index is 1.65. The molecule has 0 N–H and O–H groups in total. The van der Waals surface area contributed by atoms with E-state index in [1.165, 1.54) is 0 Å². The Labute approximate surface area is 128 Å². The van der Waals surface area contributed by atoms with Crippen molar-refractivity contribution in [1.29, 1.82) is 0 Å². The van der Waals surface area contributed by atoms with Crippen molar-refractivity contribution in [2.24, 2.45) is 5.92 Å². The van der Waals surface area contributed by atoms with Crippen molar-refractivity contribution in [3.8, 4) is 11.4 Å². The summed E-state index contributed by atoms with van der Waals surface area (Å²) in [4.78, 5) is 20.1. The van der Waals surface area contributed by atoms with Crippen LogP contribution < -0.4 is 0 Å². The van der Waals surface area contributed by atoms with Crippen LogP contribution in [-0.4, -0.2) is 21.1 Å². The fourth-order valence-corrected chi connectivity index (χ4v) is 2.11. The van der Waals surface area contributed by atoms with Gasteiger partial charge in [0.05, 0.1) is 0 Å². The molecule has 6 nitrogen and oxygen atoms in total. The average molecular weight is 299 g/mol. The summed E-state index contributed by atoms with van der Waals surface area (Å²) in [6.07, 6.45) is 6.59. The zero-order valence-corrected chi connectivity index (χ0v) is 12.5. The summed E-state index contributed by atoms with van der Waals surface area (Å²) in [5.41, 5.74) is 1.82. The fraction of sp³-hybridized carbons (Fsp3) is 0.375. The maximum Gasteiger partial charge on any atom is 0.331 e. The third kappa shape index (κ3) is 3.39. The predicted octanol–water partition coefficient (Wildman–Crippen LogP) is 3.09. The fourth-order valence-electron chi connectivity index (χ4n) is 2.11. The third-order valence-electron chi connectivity index (χ3n) is 3.57. The number of pyridine rings is 1. The van der Waals surface area contributed by atoms with Crippen molar-refractivity contribution >= 4 is 5.97 Å². The molecule has 1 fully saturated rings. The highest BCUT2D eigenvalue weighted by molar-refractivity contribution is 5.83. The van der Waals surface area contributed by atoms with Crippen LogP contribution in [0.3, 0.4) is 0 Å². The summed E-state index contributed by atoms with van der Waals surface area (Å²) >= 11 is 0. The maximum absolute atomic E-state index is 11.8. The second-order valence-electron chi connectivity index (χ2n) is 5.44. The number of ether oxygens (including phenoxy) is 1. The van der Waals surface area contributed by atoms with E-state index in [-0.39, 0.29) is 11.9 Å². The highest BCUT2D eigenvalue weighted by Gasteiger charge is 2.24. The van der Waals surface area contributed by atoms with Gasteiger partial charge < -0.3 is 9.26 Å². The lowest BCUT2D eigenvalue weighted by Crippen LogP contribution is -2.07. The molecule has 2 aromatic heterocycles. The molecule has 0 radical (unpaired) electrons. The van der Waals surface area contributed by atoms with Crippen molar-refractivity contribution in [1.82, 2.24) is 15.1 Å². The highest BCUT2D eigenvalue weighted by atomic mass is 16.6. The summed E-state index contributed by atoms with van der Waals surface area (Å²) in [6, 6.07) is 3.63. The standard InChI is InChI=1S/C16H17N3O3/c1-10(12-5-6-12)8-14(20)21-11(2)16-18-15(19-22-16)13-4-3-7-17-9-13/h3-4,7-9,11-12H,5-6H2,1-2H3. The first-order chi connectivity index (χ1) is 10.6. The van der Waals surface area contributed by atoms with Crippen molar-refractivity contribution in [3.63, 3.8) is 0 Å².